The SMILES string of the molecule is C=CCOC1CCN(c2ncc(C(=O)N3CCCCC3)cc2Cl)C1. The highest BCUT2D eigenvalue weighted by Crippen LogP contribution is 2.28. The number of aromatic nitrogens is 1. The van der Waals surface area contributed by atoms with Crippen molar-refractivity contribution in [3.05, 3.63) is 35.5 Å². The van der Waals surface area contributed by atoms with E-state index in [1.165, 1.54) is 6.42 Å². The Kier molecular flexibility index (Phi) is 5.74. The third-order valence-electron chi connectivity index (χ3n) is 4.61. The van der Waals surface area contributed by atoms with Crippen molar-refractivity contribution in [2.45, 2.75) is 31.8 Å². The largest absolute Gasteiger partial charge is 0.372 e. The smallest absolute Gasteiger partial charge is 0.255 e. The molecule has 24 heavy (non-hydrogen) atoms. The molecule has 0 spiro atoms. The van der Waals surface area contributed by atoms with Gasteiger partial charge in [0, 0.05) is 32.4 Å². The number of ether oxygens (including phenoxy) is 1. The summed E-state index contributed by atoms with van der Waals surface area (Å²) in [6.45, 7) is 7.50. The molecule has 1 aromatic heterocycles. The number of rotatable bonds is 5. The second-order valence-corrected chi connectivity index (χ2v) is 6.77. The van der Waals surface area contributed by atoms with Gasteiger partial charge in [0.25, 0.3) is 5.91 Å². The van der Waals surface area contributed by atoms with Crippen LogP contribution in [0.25, 0.3) is 0 Å². The van der Waals surface area contributed by atoms with Gasteiger partial charge < -0.3 is 14.5 Å². The number of pyridine rings is 1. The Bertz CT molecular complexity index is 602. The van der Waals surface area contributed by atoms with Crippen LogP contribution in [0.1, 0.15) is 36.0 Å². The van der Waals surface area contributed by atoms with Crippen molar-refractivity contribution in [2.75, 3.05) is 37.7 Å². The Labute approximate surface area is 148 Å². The molecule has 1 amide bonds. The van der Waals surface area contributed by atoms with Gasteiger partial charge in [0.2, 0.25) is 0 Å². The zero-order chi connectivity index (χ0) is 16.9. The molecular formula is C18H24ClN3O2. The molecule has 2 fully saturated rings. The lowest BCUT2D eigenvalue weighted by Gasteiger charge is -2.27. The molecule has 3 rings (SSSR count). The van der Waals surface area contributed by atoms with Crippen LogP contribution in [-0.4, -0.2) is 54.7 Å². The van der Waals surface area contributed by atoms with E-state index in [2.05, 4.69) is 16.5 Å². The molecule has 2 aliphatic rings. The minimum absolute atomic E-state index is 0.0317. The first kappa shape index (κ1) is 17.2. The second-order valence-electron chi connectivity index (χ2n) is 6.36. The maximum absolute atomic E-state index is 12.5. The van der Waals surface area contributed by atoms with Gasteiger partial charge in [0.15, 0.2) is 0 Å². The lowest BCUT2D eigenvalue weighted by molar-refractivity contribution is 0.0724. The first-order valence-electron chi connectivity index (χ1n) is 8.61. The second kappa shape index (κ2) is 7.99. The summed E-state index contributed by atoms with van der Waals surface area (Å²) in [4.78, 5) is 21.0. The Morgan fingerprint density at radius 2 is 2.17 bits per heavy atom. The van der Waals surface area contributed by atoms with Crippen LogP contribution in [0.15, 0.2) is 24.9 Å². The zero-order valence-electron chi connectivity index (χ0n) is 13.9. The van der Waals surface area contributed by atoms with Gasteiger partial charge in [0.1, 0.15) is 5.82 Å². The fraction of sp³-hybridized carbons (Fsp3) is 0.556. The van der Waals surface area contributed by atoms with Crippen molar-refractivity contribution >= 4 is 23.3 Å². The molecule has 1 atom stereocenters. The molecule has 0 saturated carbocycles. The lowest BCUT2D eigenvalue weighted by atomic mass is 10.1. The minimum atomic E-state index is 0.0317. The van der Waals surface area contributed by atoms with Crippen LogP contribution in [0.5, 0.6) is 0 Å². The standard InChI is InChI=1S/C18H24ClN3O2/c1-2-10-24-15-6-9-22(13-15)17-16(19)11-14(12-20-17)18(23)21-7-4-3-5-8-21/h2,11-12,15H,1,3-10,13H2. The molecule has 5 nitrogen and oxygen atoms in total. The summed E-state index contributed by atoms with van der Waals surface area (Å²) in [5, 5.41) is 0.530. The van der Waals surface area contributed by atoms with Gasteiger partial charge in [-0.1, -0.05) is 17.7 Å². The molecule has 3 heterocycles. The number of hydrogen-bond donors (Lipinski definition) is 0. The number of carbonyl (C=O) groups excluding carboxylic acids is 1. The van der Waals surface area contributed by atoms with Crippen LogP contribution in [0.4, 0.5) is 5.82 Å². The summed E-state index contributed by atoms with van der Waals surface area (Å²) in [5.41, 5.74) is 0.573. The molecule has 130 valence electrons. The number of likely N-dealkylation sites (tertiary alicyclic amines) is 1. The van der Waals surface area contributed by atoms with E-state index in [4.69, 9.17) is 16.3 Å². The van der Waals surface area contributed by atoms with Crippen LogP contribution in [0.3, 0.4) is 0 Å². The Morgan fingerprint density at radius 3 is 2.88 bits per heavy atom. The zero-order valence-corrected chi connectivity index (χ0v) is 14.7. The van der Waals surface area contributed by atoms with E-state index >= 15 is 0 Å². The summed E-state index contributed by atoms with van der Waals surface area (Å²) in [6, 6.07) is 1.75. The monoisotopic (exact) mass is 349 g/mol. The maximum Gasteiger partial charge on any atom is 0.255 e. The topological polar surface area (TPSA) is 45.7 Å². The van der Waals surface area contributed by atoms with Gasteiger partial charge in [-0.15, -0.1) is 6.58 Å². The van der Waals surface area contributed by atoms with Crippen LogP contribution in [0.2, 0.25) is 5.02 Å². The van der Waals surface area contributed by atoms with Gasteiger partial charge in [-0.25, -0.2) is 4.98 Å². The molecule has 1 aromatic rings. The van der Waals surface area contributed by atoms with Crippen LogP contribution in [-0.2, 0) is 4.74 Å². The molecular weight excluding hydrogens is 326 g/mol. The van der Waals surface area contributed by atoms with E-state index in [-0.39, 0.29) is 12.0 Å². The number of halogens is 1. The van der Waals surface area contributed by atoms with Crippen LogP contribution >= 0.6 is 11.6 Å². The van der Waals surface area contributed by atoms with E-state index in [1.54, 1.807) is 18.3 Å². The van der Waals surface area contributed by atoms with Gasteiger partial charge in [-0.3, -0.25) is 4.79 Å². The van der Waals surface area contributed by atoms with Crippen molar-refractivity contribution in [1.82, 2.24) is 9.88 Å². The number of amides is 1. The molecule has 6 heteroatoms. The van der Waals surface area contributed by atoms with Crippen LogP contribution < -0.4 is 4.90 Å². The predicted octanol–water partition coefficient (Wildman–Crippen LogP) is 3.14. The first-order valence-corrected chi connectivity index (χ1v) is 8.99. The fourth-order valence-electron chi connectivity index (χ4n) is 3.32. The molecule has 2 saturated heterocycles. The Balaban J connectivity index is 1.66. The summed E-state index contributed by atoms with van der Waals surface area (Å²) in [5.74, 6) is 0.765. The van der Waals surface area contributed by atoms with E-state index < -0.39 is 0 Å². The highest BCUT2D eigenvalue weighted by molar-refractivity contribution is 6.33. The highest BCUT2D eigenvalue weighted by atomic mass is 35.5. The maximum atomic E-state index is 12.5. The Hall–Kier alpha value is -1.59. The molecule has 2 aliphatic heterocycles. The van der Waals surface area contributed by atoms with Crippen molar-refractivity contribution < 1.29 is 9.53 Å². The lowest BCUT2D eigenvalue weighted by Crippen LogP contribution is -2.35. The minimum Gasteiger partial charge on any atom is -0.372 e. The predicted molar refractivity (Wildman–Crippen MR) is 95.8 cm³/mol. The van der Waals surface area contributed by atoms with E-state index in [9.17, 15) is 4.79 Å². The first-order chi connectivity index (χ1) is 11.7. The van der Waals surface area contributed by atoms with Crippen molar-refractivity contribution in [1.29, 1.82) is 0 Å². The van der Waals surface area contributed by atoms with Crippen molar-refractivity contribution in [3.63, 3.8) is 0 Å². The molecule has 0 aromatic carbocycles. The number of hydrogen-bond acceptors (Lipinski definition) is 4. The van der Waals surface area contributed by atoms with Gasteiger partial charge in [-0.2, -0.15) is 0 Å². The van der Waals surface area contributed by atoms with E-state index in [0.717, 1.165) is 51.3 Å². The average molecular weight is 350 g/mol. The normalized spacial score (nSPS) is 21.1. The number of anilines is 1. The summed E-state index contributed by atoms with van der Waals surface area (Å²) >= 11 is 6.41. The number of nitrogens with zero attached hydrogens (tertiary/aromatic N) is 3. The van der Waals surface area contributed by atoms with Crippen molar-refractivity contribution in [3.8, 4) is 0 Å². The summed E-state index contributed by atoms with van der Waals surface area (Å²) in [6.07, 6.45) is 7.88. The highest BCUT2D eigenvalue weighted by Gasteiger charge is 2.26. The van der Waals surface area contributed by atoms with E-state index in [1.807, 2.05) is 4.90 Å². The third-order valence-corrected chi connectivity index (χ3v) is 4.88. The molecule has 0 bridgehead atoms. The molecule has 0 aliphatic carbocycles. The number of piperidine rings is 1. The summed E-state index contributed by atoms with van der Waals surface area (Å²) in [7, 11) is 0. The van der Waals surface area contributed by atoms with Gasteiger partial charge >= 0.3 is 0 Å². The van der Waals surface area contributed by atoms with Gasteiger partial charge in [-0.05, 0) is 31.7 Å². The average Bonchev–Trinajstić information content (AvgIpc) is 3.08. The molecule has 0 radical (unpaired) electrons. The van der Waals surface area contributed by atoms with E-state index in [0.29, 0.717) is 17.2 Å². The Morgan fingerprint density at radius 1 is 1.38 bits per heavy atom. The summed E-state index contributed by atoms with van der Waals surface area (Å²) < 4.78 is 5.69. The number of carbonyl (C=O) groups is 1. The third kappa shape index (κ3) is 3.90. The molecule has 1 unspecified atom stereocenters. The van der Waals surface area contributed by atoms with Crippen molar-refractivity contribution in [2.24, 2.45) is 0 Å². The quantitative estimate of drug-likeness (QED) is 0.766. The molecule has 0 N–H and O–H groups in total. The van der Waals surface area contributed by atoms with Gasteiger partial charge in [0.05, 0.1) is 23.3 Å². The van der Waals surface area contributed by atoms with Crippen LogP contribution in [0, 0.1) is 0 Å². The fourth-order valence-corrected chi connectivity index (χ4v) is 3.61.